The minimum absolute atomic E-state index is 0.397. The number of aromatic nitrogens is 1. The van der Waals surface area contributed by atoms with Crippen molar-refractivity contribution in [3.05, 3.63) is 30.1 Å². The summed E-state index contributed by atoms with van der Waals surface area (Å²) < 4.78 is 4.67. The fourth-order valence-corrected chi connectivity index (χ4v) is 2.08. The number of carbonyl (C=O) groups excluding carboxylic acids is 1. The van der Waals surface area contributed by atoms with Crippen LogP contribution >= 0.6 is 11.8 Å². The second-order valence-corrected chi connectivity index (χ2v) is 4.23. The maximum Gasteiger partial charge on any atom is 0.312 e. The Bertz CT molecular complexity index is 331. The lowest BCUT2D eigenvalue weighted by molar-refractivity contribution is -0.148. The number of aliphatic hydroxyl groups excluding tert-OH is 1. The number of hydrogen-bond donors (Lipinski definition) is 1. The van der Waals surface area contributed by atoms with Gasteiger partial charge in [-0.2, -0.15) is 11.8 Å². The van der Waals surface area contributed by atoms with Crippen molar-refractivity contribution in [2.24, 2.45) is 5.92 Å². The highest BCUT2D eigenvalue weighted by molar-refractivity contribution is 7.98. The van der Waals surface area contributed by atoms with Gasteiger partial charge in [0.05, 0.1) is 19.1 Å². The van der Waals surface area contributed by atoms with Crippen LogP contribution in [-0.4, -0.2) is 35.2 Å². The number of nitrogens with zero attached hydrogens (tertiary/aromatic N) is 1. The molecule has 2 atom stereocenters. The zero-order valence-electron chi connectivity index (χ0n) is 9.29. The molecule has 0 aliphatic rings. The van der Waals surface area contributed by atoms with Gasteiger partial charge in [-0.1, -0.05) is 6.07 Å². The number of rotatable bonds is 5. The van der Waals surface area contributed by atoms with Gasteiger partial charge in [-0.05, 0) is 17.9 Å². The molecule has 1 heterocycles. The Balaban J connectivity index is 2.82. The topological polar surface area (TPSA) is 59.4 Å². The van der Waals surface area contributed by atoms with E-state index in [2.05, 4.69) is 9.72 Å². The first kappa shape index (κ1) is 13.0. The number of methoxy groups -OCH3 is 1. The lowest BCUT2D eigenvalue weighted by atomic mass is 9.99. The van der Waals surface area contributed by atoms with Gasteiger partial charge in [-0.25, -0.2) is 0 Å². The summed E-state index contributed by atoms with van der Waals surface area (Å²) in [7, 11) is 1.33. The van der Waals surface area contributed by atoms with Crippen LogP contribution in [0, 0.1) is 5.92 Å². The van der Waals surface area contributed by atoms with E-state index < -0.39 is 18.0 Å². The number of aliphatic hydroxyl groups is 1. The zero-order chi connectivity index (χ0) is 12.0. The second-order valence-electron chi connectivity index (χ2n) is 3.32. The third-order valence-corrected chi connectivity index (χ3v) is 2.95. The molecule has 0 aliphatic carbocycles. The van der Waals surface area contributed by atoms with Crippen molar-refractivity contribution in [2.75, 3.05) is 19.1 Å². The Hall–Kier alpha value is -1.07. The van der Waals surface area contributed by atoms with Gasteiger partial charge in [0.2, 0.25) is 0 Å². The molecule has 1 aromatic rings. The standard InChI is InChI=1S/C11H15NO3S/c1-15-11(14)9(7-16-2)10(13)8-4-3-5-12-6-8/h3-6,9-10,13H,7H2,1-2H3. The fraction of sp³-hybridized carbons (Fsp3) is 0.455. The third-order valence-electron chi connectivity index (χ3n) is 2.26. The van der Waals surface area contributed by atoms with Crippen molar-refractivity contribution >= 4 is 17.7 Å². The van der Waals surface area contributed by atoms with Crippen molar-refractivity contribution in [3.63, 3.8) is 0 Å². The van der Waals surface area contributed by atoms with Crippen LogP contribution in [0.3, 0.4) is 0 Å². The monoisotopic (exact) mass is 241 g/mol. The van der Waals surface area contributed by atoms with Crippen molar-refractivity contribution in [1.82, 2.24) is 4.98 Å². The van der Waals surface area contributed by atoms with Crippen LogP contribution in [-0.2, 0) is 9.53 Å². The number of hydrogen-bond acceptors (Lipinski definition) is 5. The van der Waals surface area contributed by atoms with Crippen molar-refractivity contribution < 1.29 is 14.6 Å². The van der Waals surface area contributed by atoms with E-state index in [1.165, 1.54) is 18.9 Å². The fourth-order valence-electron chi connectivity index (χ4n) is 1.40. The van der Waals surface area contributed by atoms with Gasteiger partial charge in [0.15, 0.2) is 0 Å². The summed E-state index contributed by atoms with van der Waals surface area (Å²) in [5.74, 6) is -0.433. The van der Waals surface area contributed by atoms with Crippen LogP contribution in [0.4, 0.5) is 0 Å². The van der Waals surface area contributed by atoms with Crippen molar-refractivity contribution in [1.29, 1.82) is 0 Å². The Morgan fingerprint density at radius 1 is 1.69 bits per heavy atom. The molecular formula is C11H15NO3S. The van der Waals surface area contributed by atoms with E-state index in [9.17, 15) is 9.90 Å². The quantitative estimate of drug-likeness (QED) is 0.787. The van der Waals surface area contributed by atoms with E-state index in [-0.39, 0.29) is 0 Å². The average molecular weight is 241 g/mol. The number of pyridine rings is 1. The van der Waals surface area contributed by atoms with E-state index >= 15 is 0 Å². The molecule has 88 valence electrons. The highest BCUT2D eigenvalue weighted by atomic mass is 32.2. The van der Waals surface area contributed by atoms with Crippen molar-refractivity contribution in [3.8, 4) is 0 Å². The highest BCUT2D eigenvalue weighted by Crippen LogP contribution is 2.25. The molecule has 0 bridgehead atoms. The van der Waals surface area contributed by atoms with Gasteiger partial charge in [0.1, 0.15) is 0 Å². The van der Waals surface area contributed by atoms with Gasteiger partial charge in [-0.3, -0.25) is 9.78 Å². The summed E-state index contributed by atoms with van der Waals surface area (Å²) in [5.41, 5.74) is 0.631. The Labute approximate surface area is 99.0 Å². The Kier molecular flexibility index (Phi) is 5.28. The van der Waals surface area contributed by atoms with Gasteiger partial charge in [0.25, 0.3) is 0 Å². The smallest absolute Gasteiger partial charge is 0.312 e. The molecule has 1 rings (SSSR count). The summed E-state index contributed by atoms with van der Waals surface area (Å²) in [6.45, 7) is 0. The van der Waals surface area contributed by atoms with Crippen LogP contribution < -0.4 is 0 Å². The Morgan fingerprint density at radius 2 is 2.44 bits per heavy atom. The zero-order valence-corrected chi connectivity index (χ0v) is 10.1. The van der Waals surface area contributed by atoms with Crippen LogP contribution in [0.5, 0.6) is 0 Å². The molecule has 5 heteroatoms. The molecule has 0 amide bonds. The molecule has 2 unspecified atom stereocenters. The number of ether oxygens (including phenoxy) is 1. The van der Waals surface area contributed by atoms with Gasteiger partial charge < -0.3 is 9.84 Å². The van der Waals surface area contributed by atoms with Gasteiger partial charge in [-0.15, -0.1) is 0 Å². The first-order chi connectivity index (χ1) is 7.70. The summed E-state index contributed by atoms with van der Waals surface area (Å²) >= 11 is 1.50. The van der Waals surface area contributed by atoms with E-state index in [4.69, 9.17) is 0 Å². The minimum atomic E-state index is -0.867. The maximum absolute atomic E-state index is 11.5. The van der Waals surface area contributed by atoms with Crippen LogP contribution in [0.2, 0.25) is 0 Å². The number of carbonyl (C=O) groups is 1. The number of thioether (sulfide) groups is 1. The first-order valence-corrected chi connectivity index (χ1v) is 6.24. The van der Waals surface area contributed by atoms with E-state index in [1.54, 1.807) is 24.5 Å². The Morgan fingerprint density at radius 3 is 2.94 bits per heavy atom. The largest absolute Gasteiger partial charge is 0.469 e. The molecule has 0 radical (unpaired) electrons. The highest BCUT2D eigenvalue weighted by Gasteiger charge is 2.28. The first-order valence-electron chi connectivity index (χ1n) is 4.85. The lowest BCUT2D eigenvalue weighted by Gasteiger charge is -2.19. The van der Waals surface area contributed by atoms with Gasteiger partial charge in [0, 0.05) is 18.1 Å². The summed E-state index contributed by atoms with van der Waals surface area (Å²) in [5, 5.41) is 10.1. The lowest BCUT2D eigenvalue weighted by Crippen LogP contribution is -2.25. The SMILES string of the molecule is COC(=O)C(CSC)C(O)c1cccnc1. The maximum atomic E-state index is 11.5. The molecule has 0 aromatic carbocycles. The van der Waals surface area contributed by atoms with Gasteiger partial charge >= 0.3 is 5.97 Å². The van der Waals surface area contributed by atoms with Crippen LogP contribution in [0.15, 0.2) is 24.5 Å². The molecule has 1 N–H and O–H groups in total. The molecule has 0 fully saturated rings. The molecular weight excluding hydrogens is 226 g/mol. The van der Waals surface area contributed by atoms with Crippen LogP contribution in [0.1, 0.15) is 11.7 Å². The predicted octanol–water partition coefficient (Wildman–Crippen LogP) is 1.27. The molecule has 0 saturated carbocycles. The molecule has 4 nitrogen and oxygen atoms in total. The van der Waals surface area contributed by atoms with Crippen LogP contribution in [0.25, 0.3) is 0 Å². The molecule has 0 spiro atoms. The second kappa shape index (κ2) is 6.50. The van der Waals surface area contributed by atoms with Crippen molar-refractivity contribution in [2.45, 2.75) is 6.10 Å². The summed E-state index contributed by atoms with van der Waals surface area (Å²) in [4.78, 5) is 15.4. The number of esters is 1. The molecule has 16 heavy (non-hydrogen) atoms. The predicted molar refractivity (Wildman–Crippen MR) is 63.1 cm³/mol. The molecule has 0 saturated heterocycles. The summed E-state index contributed by atoms with van der Waals surface area (Å²) in [6.07, 6.45) is 4.19. The molecule has 1 aromatic heterocycles. The average Bonchev–Trinajstić information content (AvgIpc) is 2.35. The third kappa shape index (κ3) is 3.21. The summed E-state index contributed by atoms with van der Waals surface area (Å²) in [6, 6.07) is 3.47. The minimum Gasteiger partial charge on any atom is -0.469 e. The van der Waals surface area contributed by atoms with E-state index in [0.29, 0.717) is 11.3 Å². The van der Waals surface area contributed by atoms with E-state index in [1.807, 2.05) is 6.26 Å². The molecule has 0 aliphatic heterocycles. The normalized spacial score (nSPS) is 14.2. The van der Waals surface area contributed by atoms with E-state index in [0.717, 1.165) is 0 Å².